The first-order valence-corrected chi connectivity index (χ1v) is 7.29. The van der Waals surface area contributed by atoms with Crippen molar-refractivity contribution in [3.63, 3.8) is 0 Å². The van der Waals surface area contributed by atoms with Crippen LogP contribution >= 0.6 is 34.8 Å². The highest BCUT2D eigenvalue weighted by molar-refractivity contribution is 6.42. The summed E-state index contributed by atoms with van der Waals surface area (Å²) in [5.41, 5.74) is 8.45. The number of nitrogens with two attached hydrogens (primary N) is 1. The zero-order valence-corrected chi connectivity index (χ0v) is 13.5. The molecule has 0 radical (unpaired) electrons. The number of nitrogens with one attached hydrogen (secondary N) is 1. The monoisotopic (exact) mass is 342 g/mol. The van der Waals surface area contributed by atoms with Crippen LogP contribution in [0, 0.1) is 6.92 Å². The van der Waals surface area contributed by atoms with Gasteiger partial charge >= 0.3 is 0 Å². The number of rotatable bonds is 3. The van der Waals surface area contributed by atoms with Crippen LogP contribution in [0.1, 0.15) is 11.1 Å². The summed E-state index contributed by atoms with van der Waals surface area (Å²) in [6, 6.07) is 8.46. The predicted octanol–water partition coefficient (Wildman–Crippen LogP) is 4.72. The minimum Gasteiger partial charge on any atom is -0.398 e. The maximum atomic E-state index is 12.1. The molecule has 0 aliphatic heterocycles. The van der Waals surface area contributed by atoms with E-state index < -0.39 is 0 Å². The zero-order chi connectivity index (χ0) is 15.6. The van der Waals surface area contributed by atoms with Gasteiger partial charge in [0.05, 0.1) is 27.2 Å². The quantitative estimate of drug-likeness (QED) is 0.792. The van der Waals surface area contributed by atoms with Crippen molar-refractivity contribution in [2.24, 2.45) is 0 Å². The number of aryl methyl sites for hydroxylation is 1. The van der Waals surface area contributed by atoms with E-state index in [2.05, 4.69) is 5.32 Å². The average Bonchev–Trinajstić information content (AvgIpc) is 2.40. The van der Waals surface area contributed by atoms with Gasteiger partial charge in [-0.25, -0.2) is 0 Å². The molecule has 0 atom stereocenters. The molecule has 0 saturated carbocycles. The smallest absolute Gasteiger partial charge is 0.228 e. The van der Waals surface area contributed by atoms with Crippen molar-refractivity contribution in [3.8, 4) is 0 Å². The molecule has 21 heavy (non-hydrogen) atoms. The molecule has 1 amide bonds. The van der Waals surface area contributed by atoms with Crippen molar-refractivity contribution >= 4 is 52.1 Å². The summed E-state index contributed by atoms with van der Waals surface area (Å²) in [4.78, 5) is 12.1. The van der Waals surface area contributed by atoms with E-state index in [1.807, 2.05) is 6.92 Å². The number of hydrogen-bond acceptors (Lipinski definition) is 2. The molecule has 3 N–H and O–H groups in total. The van der Waals surface area contributed by atoms with E-state index >= 15 is 0 Å². The van der Waals surface area contributed by atoms with Gasteiger partial charge < -0.3 is 11.1 Å². The van der Waals surface area contributed by atoms with Crippen LogP contribution in [0.2, 0.25) is 15.1 Å². The van der Waals surface area contributed by atoms with E-state index in [0.29, 0.717) is 26.4 Å². The Morgan fingerprint density at radius 1 is 1.10 bits per heavy atom. The first-order chi connectivity index (χ1) is 9.86. The summed E-state index contributed by atoms with van der Waals surface area (Å²) in [5, 5.41) is 4.10. The molecule has 0 bridgehead atoms. The second-order valence-electron chi connectivity index (χ2n) is 4.66. The normalized spacial score (nSPS) is 10.5. The molecule has 2 rings (SSSR count). The van der Waals surface area contributed by atoms with Crippen molar-refractivity contribution in [2.45, 2.75) is 13.3 Å². The number of halogens is 3. The highest BCUT2D eigenvalue weighted by Gasteiger charge is 2.09. The van der Waals surface area contributed by atoms with E-state index in [1.54, 1.807) is 30.3 Å². The number of benzene rings is 2. The zero-order valence-electron chi connectivity index (χ0n) is 11.2. The van der Waals surface area contributed by atoms with E-state index in [4.69, 9.17) is 40.5 Å². The summed E-state index contributed by atoms with van der Waals surface area (Å²) in [7, 11) is 0. The Labute approximate surface area is 138 Å². The Kier molecular flexibility index (Phi) is 4.99. The Morgan fingerprint density at radius 3 is 2.48 bits per heavy atom. The van der Waals surface area contributed by atoms with Gasteiger partial charge in [0.25, 0.3) is 0 Å². The fraction of sp³-hybridized carbons (Fsp3) is 0.133. The van der Waals surface area contributed by atoms with Crippen molar-refractivity contribution in [3.05, 3.63) is 56.5 Å². The Bertz CT molecular complexity index is 702. The molecule has 2 aromatic carbocycles. The SMILES string of the molecule is Cc1cc(N)c(Cl)cc1NC(=O)Cc1ccc(Cl)c(Cl)c1. The molecular weight excluding hydrogens is 331 g/mol. The Morgan fingerprint density at radius 2 is 1.81 bits per heavy atom. The summed E-state index contributed by atoms with van der Waals surface area (Å²) in [5.74, 6) is -0.169. The fourth-order valence-electron chi connectivity index (χ4n) is 1.87. The standard InChI is InChI=1S/C15H13Cl3N2O/c1-8-4-13(19)12(18)7-14(8)20-15(21)6-9-2-3-10(16)11(17)5-9/h2-5,7H,6,19H2,1H3,(H,20,21). The third-order valence-electron chi connectivity index (χ3n) is 2.97. The molecule has 0 spiro atoms. The Balaban J connectivity index is 2.11. The minimum absolute atomic E-state index is 0.169. The minimum atomic E-state index is -0.169. The van der Waals surface area contributed by atoms with Gasteiger partial charge in [0.15, 0.2) is 0 Å². The molecule has 0 fully saturated rings. The van der Waals surface area contributed by atoms with E-state index in [9.17, 15) is 4.79 Å². The molecule has 0 unspecified atom stereocenters. The van der Waals surface area contributed by atoms with Crippen LogP contribution < -0.4 is 11.1 Å². The molecule has 0 aromatic heterocycles. The summed E-state index contributed by atoms with van der Waals surface area (Å²) < 4.78 is 0. The van der Waals surface area contributed by atoms with Gasteiger partial charge in [-0.05, 0) is 42.3 Å². The largest absolute Gasteiger partial charge is 0.398 e. The molecule has 0 aliphatic rings. The van der Waals surface area contributed by atoms with Gasteiger partial charge in [-0.2, -0.15) is 0 Å². The molecule has 2 aromatic rings. The van der Waals surface area contributed by atoms with E-state index in [0.717, 1.165) is 11.1 Å². The Hall–Kier alpha value is -1.42. The first kappa shape index (κ1) is 16.0. The van der Waals surface area contributed by atoms with Crippen LogP contribution in [0.15, 0.2) is 30.3 Å². The van der Waals surface area contributed by atoms with Gasteiger partial charge in [-0.1, -0.05) is 40.9 Å². The number of amides is 1. The lowest BCUT2D eigenvalue weighted by atomic mass is 10.1. The first-order valence-electron chi connectivity index (χ1n) is 6.16. The molecule has 0 saturated heterocycles. The predicted molar refractivity (Wildman–Crippen MR) is 89.4 cm³/mol. The van der Waals surface area contributed by atoms with E-state index in [-0.39, 0.29) is 12.3 Å². The number of carbonyl (C=O) groups excluding carboxylic acids is 1. The van der Waals surface area contributed by atoms with Crippen molar-refractivity contribution in [2.75, 3.05) is 11.1 Å². The lowest BCUT2D eigenvalue weighted by molar-refractivity contribution is -0.115. The fourth-order valence-corrected chi connectivity index (χ4v) is 2.35. The number of nitrogen functional groups attached to an aromatic ring is 1. The van der Waals surface area contributed by atoms with Crippen molar-refractivity contribution in [1.82, 2.24) is 0 Å². The van der Waals surface area contributed by atoms with Crippen LogP contribution in [0.3, 0.4) is 0 Å². The van der Waals surface area contributed by atoms with Gasteiger partial charge in [-0.15, -0.1) is 0 Å². The van der Waals surface area contributed by atoms with Gasteiger partial charge in [0.1, 0.15) is 0 Å². The lowest BCUT2D eigenvalue weighted by Crippen LogP contribution is -2.15. The third kappa shape index (κ3) is 4.03. The lowest BCUT2D eigenvalue weighted by Gasteiger charge is -2.10. The molecule has 0 heterocycles. The number of anilines is 2. The molecule has 0 aliphatic carbocycles. The highest BCUT2D eigenvalue weighted by atomic mass is 35.5. The molecule has 110 valence electrons. The van der Waals surface area contributed by atoms with E-state index in [1.165, 1.54) is 0 Å². The van der Waals surface area contributed by atoms with Gasteiger partial charge in [0, 0.05) is 5.69 Å². The van der Waals surface area contributed by atoms with Crippen LogP contribution in [-0.4, -0.2) is 5.91 Å². The summed E-state index contributed by atoms with van der Waals surface area (Å²) in [6.07, 6.45) is 0.193. The van der Waals surface area contributed by atoms with Crippen LogP contribution in [-0.2, 0) is 11.2 Å². The topological polar surface area (TPSA) is 55.1 Å². The van der Waals surface area contributed by atoms with Crippen LogP contribution in [0.25, 0.3) is 0 Å². The molecule has 3 nitrogen and oxygen atoms in total. The molecular formula is C15H13Cl3N2O. The highest BCUT2D eigenvalue weighted by Crippen LogP contribution is 2.27. The van der Waals surface area contributed by atoms with Crippen LogP contribution in [0.5, 0.6) is 0 Å². The summed E-state index contributed by atoms with van der Waals surface area (Å²) >= 11 is 17.7. The molecule has 6 heteroatoms. The maximum Gasteiger partial charge on any atom is 0.228 e. The number of carbonyl (C=O) groups is 1. The maximum absolute atomic E-state index is 12.1. The number of hydrogen-bond donors (Lipinski definition) is 2. The van der Waals surface area contributed by atoms with Crippen molar-refractivity contribution in [1.29, 1.82) is 0 Å². The van der Waals surface area contributed by atoms with Gasteiger partial charge in [0.2, 0.25) is 5.91 Å². The van der Waals surface area contributed by atoms with Gasteiger partial charge in [-0.3, -0.25) is 4.79 Å². The average molecular weight is 344 g/mol. The second kappa shape index (κ2) is 6.56. The second-order valence-corrected chi connectivity index (χ2v) is 5.88. The van der Waals surface area contributed by atoms with Crippen molar-refractivity contribution < 1.29 is 4.79 Å². The summed E-state index contributed by atoms with van der Waals surface area (Å²) in [6.45, 7) is 1.85. The third-order valence-corrected chi connectivity index (χ3v) is 4.03. The van der Waals surface area contributed by atoms with Crippen LogP contribution in [0.4, 0.5) is 11.4 Å².